The second kappa shape index (κ2) is 6.92. The molecule has 0 spiro atoms. The first-order valence-electron chi connectivity index (χ1n) is 8.61. The summed E-state index contributed by atoms with van der Waals surface area (Å²) in [4.78, 5) is 30.1. The molecule has 1 aliphatic heterocycles. The van der Waals surface area contributed by atoms with Crippen LogP contribution in [0.2, 0.25) is 0 Å². The minimum atomic E-state index is -0.0795. The van der Waals surface area contributed by atoms with Crippen LogP contribution in [0, 0.1) is 5.92 Å². The van der Waals surface area contributed by atoms with Gasteiger partial charge in [0.15, 0.2) is 10.9 Å². The van der Waals surface area contributed by atoms with Crippen LogP contribution in [0.15, 0.2) is 40.1 Å². The van der Waals surface area contributed by atoms with Crippen molar-refractivity contribution < 1.29 is 14.0 Å². The second-order valence-corrected chi connectivity index (χ2v) is 7.31. The quantitative estimate of drug-likeness (QED) is 0.763. The van der Waals surface area contributed by atoms with E-state index in [0.29, 0.717) is 42.5 Å². The lowest BCUT2D eigenvalue weighted by Gasteiger charge is -2.30. The summed E-state index contributed by atoms with van der Waals surface area (Å²) in [7, 11) is 0. The van der Waals surface area contributed by atoms with Crippen molar-refractivity contribution in [1.82, 2.24) is 9.88 Å². The zero-order valence-corrected chi connectivity index (χ0v) is 15.2. The number of nitrogens with one attached hydrogen (secondary N) is 1. The number of anilines is 1. The molecule has 7 heteroatoms. The number of benzene rings is 1. The summed E-state index contributed by atoms with van der Waals surface area (Å²) in [5.74, 6) is 0.653. The molecule has 1 fully saturated rings. The molecule has 1 N–H and O–H groups in total. The van der Waals surface area contributed by atoms with Crippen molar-refractivity contribution >= 4 is 39.3 Å². The van der Waals surface area contributed by atoms with E-state index in [1.54, 1.807) is 11.8 Å². The molecule has 134 valence electrons. The first kappa shape index (κ1) is 16.8. The number of likely N-dealkylation sites (tertiary alicyclic amines) is 1. The molecule has 0 radical (unpaired) electrons. The monoisotopic (exact) mass is 369 g/mol. The maximum Gasteiger partial charge on any atom is 0.229 e. The number of hydrogen-bond donors (Lipinski definition) is 1. The third-order valence-corrected chi connectivity index (χ3v) is 5.48. The number of rotatable bonds is 3. The Balaban J connectivity index is 1.42. The largest absolute Gasteiger partial charge is 0.454 e. The molecule has 6 nitrogen and oxygen atoms in total. The molecular formula is C19H19N3O3S. The first-order valence-corrected chi connectivity index (χ1v) is 9.49. The number of nitrogens with zero attached hydrogens (tertiary/aromatic N) is 2. The molecule has 1 saturated heterocycles. The summed E-state index contributed by atoms with van der Waals surface area (Å²) in [6.45, 7) is 2.83. The van der Waals surface area contributed by atoms with Gasteiger partial charge in [0, 0.05) is 36.7 Å². The number of thiazole rings is 1. The van der Waals surface area contributed by atoms with Crippen molar-refractivity contribution in [3.63, 3.8) is 0 Å². The van der Waals surface area contributed by atoms with Crippen molar-refractivity contribution in [3.8, 4) is 11.5 Å². The summed E-state index contributed by atoms with van der Waals surface area (Å²) < 4.78 is 5.82. The molecule has 0 atom stereocenters. The molecule has 0 saturated carbocycles. The van der Waals surface area contributed by atoms with Crippen molar-refractivity contribution in [2.45, 2.75) is 19.8 Å². The fourth-order valence-electron chi connectivity index (χ4n) is 3.22. The van der Waals surface area contributed by atoms with Gasteiger partial charge in [0.1, 0.15) is 11.3 Å². The van der Waals surface area contributed by atoms with E-state index in [2.05, 4.69) is 10.3 Å². The zero-order valence-electron chi connectivity index (χ0n) is 14.4. The van der Waals surface area contributed by atoms with Crippen LogP contribution in [0.5, 0.6) is 0 Å². The molecule has 3 heterocycles. The van der Waals surface area contributed by atoms with Crippen LogP contribution in [-0.4, -0.2) is 34.8 Å². The van der Waals surface area contributed by atoms with Gasteiger partial charge in [0.05, 0.1) is 0 Å². The summed E-state index contributed by atoms with van der Waals surface area (Å²) in [6, 6.07) is 9.75. The van der Waals surface area contributed by atoms with Crippen LogP contribution in [0.1, 0.15) is 19.8 Å². The van der Waals surface area contributed by atoms with Crippen LogP contribution in [0.3, 0.4) is 0 Å². The molecule has 2 aromatic heterocycles. The Hall–Kier alpha value is -2.67. The summed E-state index contributed by atoms with van der Waals surface area (Å²) >= 11 is 1.38. The number of carbonyl (C=O) groups excluding carboxylic acids is 2. The SMILES string of the molecule is CC(=O)N1CCC(C(=O)Nc2nc(-c3cc4ccccc4o3)cs2)CC1. The smallest absolute Gasteiger partial charge is 0.229 e. The predicted octanol–water partition coefficient (Wildman–Crippen LogP) is 3.75. The van der Waals surface area contributed by atoms with Crippen LogP contribution >= 0.6 is 11.3 Å². The Kier molecular flexibility index (Phi) is 4.46. The standard InChI is InChI=1S/C19H19N3O3S/c1-12(23)22-8-6-13(7-9-22)18(24)21-19-20-15(11-26-19)17-10-14-4-2-3-5-16(14)25-17/h2-5,10-11,13H,6-9H2,1H3,(H,20,21,24). The van der Waals surface area contributed by atoms with Crippen molar-refractivity contribution in [3.05, 3.63) is 35.7 Å². The highest BCUT2D eigenvalue weighted by Crippen LogP contribution is 2.30. The number of furan rings is 1. The van der Waals surface area contributed by atoms with E-state index >= 15 is 0 Å². The van der Waals surface area contributed by atoms with Gasteiger partial charge in [-0.05, 0) is 25.0 Å². The van der Waals surface area contributed by atoms with Crippen molar-refractivity contribution in [1.29, 1.82) is 0 Å². The summed E-state index contributed by atoms with van der Waals surface area (Å²) in [5.41, 5.74) is 1.53. The minimum Gasteiger partial charge on any atom is -0.454 e. The van der Waals surface area contributed by atoms with Crippen LogP contribution in [0.25, 0.3) is 22.4 Å². The third kappa shape index (κ3) is 3.35. The van der Waals surface area contributed by atoms with Gasteiger partial charge < -0.3 is 14.6 Å². The highest BCUT2D eigenvalue weighted by atomic mass is 32.1. The molecule has 1 aliphatic rings. The highest BCUT2D eigenvalue weighted by Gasteiger charge is 2.26. The van der Waals surface area contributed by atoms with Crippen LogP contribution in [-0.2, 0) is 9.59 Å². The van der Waals surface area contributed by atoms with Gasteiger partial charge in [-0.25, -0.2) is 4.98 Å². The van der Waals surface area contributed by atoms with Gasteiger partial charge in [-0.1, -0.05) is 18.2 Å². The number of para-hydroxylation sites is 1. The lowest BCUT2D eigenvalue weighted by Crippen LogP contribution is -2.40. The number of carbonyl (C=O) groups is 2. The Morgan fingerprint density at radius 3 is 2.77 bits per heavy atom. The Morgan fingerprint density at radius 1 is 1.27 bits per heavy atom. The van der Waals surface area contributed by atoms with Gasteiger partial charge in [0.2, 0.25) is 11.8 Å². The Morgan fingerprint density at radius 2 is 2.04 bits per heavy atom. The molecule has 2 amide bonds. The van der Waals surface area contributed by atoms with E-state index in [9.17, 15) is 9.59 Å². The predicted molar refractivity (Wildman–Crippen MR) is 101 cm³/mol. The molecule has 0 unspecified atom stereocenters. The average Bonchev–Trinajstić information content (AvgIpc) is 3.28. The molecule has 26 heavy (non-hydrogen) atoms. The van der Waals surface area contributed by atoms with Crippen LogP contribution < -0.4 is 5.32 Å². The van der Waals surface area contributed by atoms with Crippen molar-refractivity contribution in [2.75, 3.05) is 18.4 Å². The highest BCUT2D eigenvalue weighted by molar-refractivity contribution is 7.14. The molecular weight excluding hydrogens is 350 g/mol. The first-order chi connectivity index (χ1) is 12.6. The third-order valence-electron chi connectivity index (χ3n) is 4.72. The lowest BCUT2D eigenvalue weighted by atomic mass is 9.96. The summed E-state index contributed by atoms with van der Waals surface area (Å²) in [5, 5.41) is 6.38. The topological polar surface area (TPSA) is 75.4 Å². The van der Waals surface area contributed by atoms with E-state index in [1.807, 2.05) is 35.7 Å². The average molecular weight is 369 g/mol. The van der Waals surface area contributed by atoms with E-state index in [-0.39, 0.29) is 17.7 Å². The van der Waals surface area contributed by atoms with Gasteiger partial charge in [-0.2, -0.15) is 0 Å². The molecule has 0 bridgehead atoms. The molecule has 1 aromatic carbocycles. The van der Waals surface area contributed by atoms with Crippen LogP contribution in [0.4, 0.5) is 5.13 Å². The van der Waals surface area contributed by atoms with Gasteiger partial charge in [0.25, 0.3) is 0 Å². The minimum absolute atomic E-state index is 0.0290. The number of aromatic nitrogens is 1. The number of hydrogen-bond acceptors (Lipinski definition) is 5. The zero-order chi connectivity index (χ0) is 18.1. The number of fused-ring (bicyclic) bond motifs is 1. The number of piperidine rings is 1. The maximum absolute atomic E-state index is 12.5. The van der Waals surface area contributed by atoms with Gasteiger partial charge >= 0.3 is 0 Å². The lowest BCUT2D eigenvalue weighted by molar-refractivity contribution is -0.132. The number of amides is 2. The molecule has 3 aromatic rings. The normalized spacial score (nSPS) is 15.3. The Labute approximate surface area is 154 Å². The summed E-state index contributed by atoms with van der Waals surface area (Å²) in [6.07, 6.45) is 1.38. The van der Waals surface area contributed by atoms with E-state index in [0.717, 1.165) is 11.0 Å². The fraction of sp³-hybridized carbons (Fsp3) is 0.316. The van der Waals surface area contributed by atoms with E-state index < -0.39 is 0 Å². The Bertz CT molecular complexity index is 921. The van der Waals surface area contributed by atoms with E-state index in [1.165, 1.54) is 11.3 Å². The molecule has 4 rings (SSSR count). The van der Waals surface area contributed by atoms with Crippen molar-refractivity contribution in [2.24, 2.45) is 5.92 Å². The second-order valence-electron chi connectivity index (χ2n) is 6.46. The van der Waals surface area contributed by atoms with Gasteiger partial charge in [-0.15, -0.1) is 11.3 Å². The van der Waals surface area contributed by atoms with Gasteiger partial charge in [-0.3, -0.25) is 9.59 Å². The molecule has 0 aliphatic carbocycles. The fourth-order valence-corrected chi connectivity index (χ4v) is 3.92. The van der Waals surface area contributed by atoms with E-state index in [4.69, 9.17) is 4.42 Å². The maximum atomic E-state index is 12.5.